The number of imide groups is 2. The molecule has 160 valence electrons. The van der Waals surface area contributed by atoms with Gasteiger partial charge in [0, 0.05) is 22.2 Å². The highest BCUT2D eigenvalue weighted by atomic mass is 35.5. The Bertz CT molecular complexity index is 1080. The molecule has 31 heavy (non-hydrogen) atoms. The van der Waals surface area contributed by atoms with Gasteiger partial charge in [0.25, 0.3) is 11.8 Å². The van der Waals surface area contributed by atoms with Crippen LogP contribution in [0.15, 0.2) is 54.6 Å². The zero-order chi connectivity index (χ0) is 22.5. The number of hydrogen-bond donors (Lipinski definition) is 1. The summed E-state index contributed by atoms with van der Waals surface area (Å²) in [5.41, 5.74) is 0.960. The molecule has 0 saturated carbocycles. The highest BCUT2D eigenvalue weighted by molar-refractivity contribution is 6.36. The van der Waals surface area contributed by atoms with Gasteiger partial charge < -0.3 is 9.47 Å². The van der Waals surface area contributed by atoms with E-state index in [0.717, 1.165) is 4.90 Å². The molecule has 0 bridgehead atoms. The number of carbonyl (C=O) groups excluding carboxylic acids is 3. The molecule has 7 nitrogen and oxygen atoms in total. The summed E-state index contributed by atoms with van der Waals surface area (Å²) in [6, 6.07) is 9.26. The third kappa shape index (κ3) is 4.90. The van der Waals surface area contributed by atoms with E-state index in [-0.39, 0.29) is 18.7 Å². The van der Waals surface area contributed by atoms with Crippen molar-refractivity contribution in [3.8, 4) is 11.5 Å². The predicted molar refractivity (Wildman–Crippen MR) is 117 cm³/mol. The lowest BCUT2D eigenvalue weighted by molar-refractivity contribution is -0.129. The largest absolute Gasteiger partial charge is 0.493 e. The van der Waals surface area contributed by atoms with Crippen LogP contribution in [0.5, 0.6) is 11.5 Å². The topological polar surface area (TPSA) is 84.9 Å². The standard InChI is InChI=1S/C22H18Cl2N2O5/c1-3-9-26-21(28)14(20(27)25-22(26)29)10-13-7-8-18(19(11-13)30-2)31-12-15-16(23)5-4-6-17(15)24/h3-8,10-11H,1,9,12H2,2H3,(H,25,27,29)/b14-10-. The Morgan fingerprint density at radius 3 is 2.45 bits per heavy atom. The van der Waals surface area contributed by atoms with Gasteiger partial charge in [-0.05, 0) is 35.9 Å². The summed E-state index contributed by atoms with van der Waals surface area (Å²) in [5.74, 6) is -0.687. The summed E-state index contributed by atoms with van der Waals surface area (Å²) >= 11 is 12.3. The van der Waals surface area contributed by atoms with Crippen LogP contribution in [-0.4, -0.2) is 36.4 Å². The van der Waals surface area contributed by atoms with Crippen LogP contribution in [0.4, 0.5) is 4.79 Å². The highest BCUT2D eigenvalue weighted by Gasteiger charge is 2.34. The first-order valence-electron chi connectivity index (χ1n) is 9.09. The van der Waals surface area contributed by atoms with Crippen molar-refractivity contribution in [3.05, 3.63) is 75.8 Å². The molecule has 0 atom stereocenters. The molecule has 2 aromatic rings. The predicted octanol–water partition coefficient (Wildman–Crippen LogP) is 4.23. The van der Waals surface area contributed by atoms with Gasteiger partial charge in [0.2, 0.25) is 0 Å². The summed E-state index contributed by atoms with van der Waals surface area (Å²) in [5, 5.41) is 3.09. The second-order valence-corrected chi connectivity index (χ2v) is 7.24. The van der Waals surface area contributed by atoms with E-state index in [2.05, 4.69) is 11.9 Å². The number of urea groups is 1. The van der Waals surface area contributed by atoms with Gasteiger partial charge in [-0.3, -0.25) is 19.8 Å². The number of ether oxygens (including phenoxy) is 2. The van der Waals surface area contributed by atoms with E-state index in [0.29, 0.717) is 32.7 Å². The average Bonchev–Trinajstić information content (AvgIpc) is 2.74. The van der Waals surface area contributed by atoms with E-state index in [4.69, 9.17) is 32.7 Å². The molecule has 3 rings (SSSR count). The molecule has 9 heteroatoms. The molecular weight excluding hydrogens is 443 g/mol. The molecule has 1 saturated heterocycles. The molecule has 1 N–H and O–H groups in total. The van der Waals surface area contributed by atoms with Gasteiger partial charge in [-0.15, -0.1) is 6.58 Å². The van der Waals surface area contributed by atoms with Crippen LogP contribution in [0.3, 0.4) is 0 Å². The Morgan fingerprint density at radius 2 is 1.81 bits per heavy atom. The first kappa shape index (κ1) is 22.4. The van der Waals surface area contributed by atoms with Crippen LogP contribution in [0, 0.1) is 0 Å². The summed E-state index contributed by atoms with van der Waals surface area (Å²) in [4.78, 5) is 37.4. The quantitative estimate of drug-likeness (QED) is 0.379. The third-order valence-corrected chi connectivity index (χ3v) is 5.14. The molecule has 4 amide bonds. The Balaban J connectivity index is 1.85. The van der Waals surface area contributed by atoms with Gasteiger partial charge >= 0.3 is 6.03 Å². The van der Waals surface area contributed by atoms with Crippen LogP contribution in [-0.2, 0) is 16.2 Å². The lowest BCUT2D eigenvalue weighted by Crippen LogP contribution is -2.54. The summed E-state index contributed by atoms with van der Waals surface area (Å²) in [7, 11) is 1.46. The van der Waals surface area contributed by atoms with Crippen molar-refractivity contribution in [2.75, 3.05) is 13.7 Å². The van der Waals surface area contributed by atoms with E-state index in [1.165, 1.54) is 19.3 Å². The minimum absolute atomic E-state index is 0.0179. The number of benzene rings is 2. The minimum atomic E-state index is -0.786. The normalized spacial score (nSPS) is 15.1. The Morgan fingerprint density at radius 1 is 1.10 bits per heavy atom. The second kappa shape index (κ2) is 9.68. The maximum Gasteiger partial charge on any atom is 0.331 e. The van der Waals surface area contributed by atoms with Crippen LogP contribution in [0.25, 0.3) is 6.08 Å². The lowest BCUT2D eigenvalue weighted by Gasteiger charge is -2.25. The molecule has 0 aliphatic carbocycles. The van der Waals surface area contributed by atoms with Crippen molar-refractivity contribution < 1.29 is 23.9 Å². The summed E-state index contributed by atoms with van der Waals surface area (Å²) in [6.45, 7) is 3.61. The Labute approximate surface area is 188 Å². The maximum atomic E-state index is 12.5. The number of nitrogens with zero attached hydrogens (tertiary/aromatic N) is 1. The van der Waals surface area contributed by atoms with E-state index in [1.54, 1.807) is 36.4 Å². The van der Waals surface area contributed by atoms with E-state index in [1.807, 2.05) is 0 Å². The zero-order valence-corrected chi connectivity index (χ0v) is 18.0. The Hall–Kier alpha value is -3.29. The van der Waals surface area contributed by atoms with Crippen LogP contribution >= 0.6 is 23.2 Å². The number of amides is 4. The van der Waals surface area contributed by atoms with Crippen molar-refractivity contribution in [2.24, 2.45) is 0 Å². The molecule has 0 unspecified atom stereocenters. The van der Waals surface area contributed by atoms with Crippen LogP contribution < -0.4 is 14.8 Å². The molecule has 0 aromatic heterocycles. The Kier molecular flexibility index (Phi) is 6.99. The first-order chi connectivity index (χ1) is 14.8. The van der Waals surface area contributed by atoms with E-state index < -0.39 is 17.8 Å². The second-order valence-electron chi connectivity index (χ2n) is 6.42. The van der Waals surface area contributed by atoms with Gasteiger partial charge in [-0.1, -0.05) is 41.4 Å². The molecule has 0 radical (unpaired) electrons. The fourth-order valence-electron chi connectivity index (χ4n) is 2.87. The monoisotopic (exact) mass is 460 g/mol. The van der Waals surface area contributed by atoms with Gasteiger partial charge in [-0.25, -0.2) is 4.79 Å². The molecule has 1 aliphatic rings. The third-order valence-electron chi connectivity index (χ3n) is 4.43. The van der Waals surface area contributed by atoms with Gasteiger partial charge in [-0.2, -0.15) is 0 Å². The smallest absolute Gasteiger partial charge is 0.331 e. The van der Waals surface area contributed by atoms with Crippen molar-refractivity contribution in [2.45, 2.75) is 6.61 Å². The average molecular weight is 461 g/mol. The van der Waals surface area contributed by atoms with Gasteiger partial charge in [0.15, 0.2) is 11.5 Å². The van der Waals surface area contributed by atoms with Gasteiger partial charge in [0.05, 0.1) is 7.11 Å². The minimum Gasteiger partial charge on any atom is -0.493 e. The molecule has 1 fully saturated rings. The lowest BCUT2D eigenvalue weighted by atomic mass is 10.1. The van der Waals surface area contributed by atoms with Crippen molar-refractivity contribution in [1.29, 1.82) is 0 Å². The number of methoxy groups -OCH3 is 1. The van der Waals surface area contributed by atoms with E-state index in [9.17, 15) is 14.4 Å². The number of barbiturate groups is 1. The maximum absolute atomic E-state index is 12.5. The summed E-state index contributed by atoms with van der Waals surface area (Å²) in [6.07, 6.45) is 2.77. The fraction of sp³-hybridized carbons (Fsp3) is 0.136. The molecule has 0 spiro atoms. The van der Waals surface area contributed by atoms with Crippen molar-refractivity contribution >= 4 is 47.1 Å². The molecule has 1 aliphatic heterocycles. The van der Waals surface area contributed by atoms with Crippen molar-refractivity contribution in [3.63, 3.8) is 0 Å². The number of nitrogens with one attached hydrogen (secondary N) is 1. The van der Waals surface area contributed by atoms with Crippen LogP contribution in [0.2, 0.25) is 10.0 Å². The number of halogens is 2. The van der Waals surface area contributed by atoms with Gasteiger partial charge in [0.1, 0.15) is 12.2 Å². The number of hydrogen-bond acceptors (Lipinski definition) is 5. The molecule has 1 heterocycles. The molecule has 2 aromatic carbocycles. The number of carbonyl (C=O) groups is 3. The molecular formula is C22H18Cl2N2O5. The van der Waals surface area contributed by atoms with Crippen molar-refractivity contribution in [1.82, 2.24) is 10.2 Å². The highest BCUT2D eigenvalue weighted by Crippen LogP contribution is 2.32. The summed E-state index contributed by atoms with van der Waals surface area (Å²) < 4.78 is 11.2. The first-order valence-corrected chi connectivity index (χ1v) is 9.84. The van der Waals surface area contributed by atoms with E-state index >= 15 is 0 Å². The SMILES string of the molecule is C=CCN1C(=O)NC(=O)/C(=C/c2ccc(OCc3c(Cl)cccc3Cl)c(OC)c2)C1=O. The fourth-order valence-corrected chi connectivity index (χ4v) is 3.38. The van der Waals surface area contributed by atoms with Crippen LogP contribution in [0.1, 0.15) is 11.1 Å². The zero-order valence-electron chi connectivity index (χ0n) is 16.5. The number of rotatable bonds is 7.